The van der Waals surface area contributed by atoms with Crippen LogP contribution in [0.4, 0.5) is 0 Å². The van der Waals surface area contributed by atoms with E-state index in [9.17, 15) is 0 Å². The molecular formula is C20H26N2O. The number of methoxy groups -OCH3 is 1. The molecule has 0 aliphatic carbocycles. The lowest BCUT2D eigenvalue weighted by Crippen LogP contribution is -2.42. The standard InChI is InChI=1S/C20H26N2O/c1-22-14-12-18(13-15-22)21-20(16-6-4-3-5-7-16)17-8-10-19(23-2)11-9-17/h3-11,18,20-21H,12-15H2,1-2H3/t20-/m0/s1. The van der Waals surface area contributed by atoms with Gasteiger partial charge in [-0.25, -0.2) is 0 Å². The maximum absolute atomic E-state index is 5.29. The molecule has 1 atom stereocenters. The molecule has 3 rings (SSSR count). The molecule has 122 valence electrons. The molecule has 1 aliphatic rings. The van der Waals surface area contributed by atoms with Crippen molar-refractivity contribution in [3.63, 3.8) is 0 Å². The van der Waals surface area contributed by atoms with Gasteiger partial charge in [-0.3, -0.25) is 0 Å². The summed E-state index contributed by atoms with van der Waals surface area (Å²) in [5, 5.41) is 3.88. The fourth-order valence-electron chi connectivity index (χ4n) is 3.24. The fraction of sp³-hybridized carbons (Fsp3) is 0.400. The first kappa shape index (κ1) is 16.0. The van der Waals surface area contributed by atoms with Gasteiger partial charge in [0.2, 0.25) is 0 Å². The number of hydrogen-bond donors (Lipinski definition) is 1. The van der Waals surface area contributed by atoms with Crippen LogP contribution in [0.15, 0.2) is 54.6 Å². The van der Waals surface area contributed by atoms with Crippen LogP contribution >= 0.6 is 0 Å². The van der Waals surface area contributed by atoms with Gasteiger partial charge >= 0.3 is 0 Å². The molecule has 1 aliphatic heterocycles. The lowest BCUT2D eigenvalue weighted by Gasteiger charge is -2.33. The molecule has 3 heteroatoms. The number of ether oxygens (including phenoxy) is 1. The zero-order valence-electron chi connectivity index (χ0n) is 14.0. The second-order valence-electron chi connectivity index (χ2n) is 6.36. The van der Waals surface area contributed by atoms with Crippen molar-refractivity contribution in [2.45, 2.75) is 24.9 Å². The van der Waals surface area contributed by atoms with Gasteiger partial charge in [0.1, 0.15) is 5.75 Å². The molecule has 23 heavy (non-hydrogen) atoms. The van der Waals surface area contributed by atoms with Crippen molar-refractivity contribution in [2.24, 2.45) is 0 Å². The molecule has 3 nitrogen and oxygen atoms in total. The van der Waals surface area contributed by atoms with Crippen LogP contribution in [0.5, 0.6) is 5.75 Å². The van der Waals surface area contributed by atoms with Crippen molar-refractivity contribution >= 4 is 0 Å². The summed E-state index contributed by atoms with van der Waals surface area (Å²) in [7, 11) is 3.91. The summed E-state index contributed by atoms with van der Waals surface area (Å²) in [5.41, 5.74) is 2.60. The van der Waals surface area contributed by atoms with Crippen molar-refractivity contribution in [1.82, 2.24) is 10.2 Å². The minimum atomic E-state index is 0.232. The van der Waals surface area contributed by atoms with E-state index in [2.05, 4.69) is 59.7 Å². The molecule has 2 aromatic rings. The number of rotatable bonds is 5. The first-order valence-electron chi connectivity index (χ1n) is 8.40. The smallest absolute Gasteiger partial charge is 0.118 e. The van der Waals surface area contributed by atoms with Crippen molar-refractivity contribution in [3.8, 4) is 5.75 Å². The molecule has 0 radical (unpaired) electrons. The summed E-state index contributed by atoms with van der Waals surface area (Å²) in [6.45, 7) is 2.34. The topological polar surface area (TPSA) is 24.5 Å². The van der Waals surface area contributed by atoms with Gasteiger partial charge in [0.25, 0.3) is 0 Å². The van der Waals surface area contributed by atoms with Crippen molar-refractivity contribution in [1.29, 1.82) is 0 Å². The van der Waals surface area contributed by atoms with Crippen molar-refractivity contribution < 1.29 is 4.74 Å². The lowest BCUT2D eigenvalue weighted by atomic mass is 9.95. The molecule has 2 aromatic carbocycles. The van der Waals surface area contributed by atoms with E-state index in [1.54, 1.807) is 7.11 Å². The van der Waals surface area contributed by atoms with E-state index in [-0.39, 0.29) is 6.04 Å². The molecular weight excluding hydrogens is 284 g/mol. The van der Waals surface area contributed by atoms with Gasteiger partial charge < -0.3 is 15.0 Å². The average molecular weight is 310 g/mol. The zero-order valence-corrected chi connectivity index (χ0v) is 14.0. The van der Waals surface area contributed by atoms with Crippen LogP contribution < -0.4 is 10.1 Å². The highest BCUT2D eigenvalue weighted by Gasteiger charge is 2.22. The van der Waals surface area contributed by atoms with Crippen LogP contribution in [0.3, 0.4) is 0 Å². The van der Waals surface area contributed by atoms with Crippen LogP contribution in [-0.4, -0.2) is 38.2 Å². The lowest BCUT2D eigenvalue weighted by molar-refractivity contribution is 0.229. The Morgan fingerprint density at radius 1 is 0.957 bits per heavy atom. The number of nitrogens with one attached hydrogen (secondary N) is 1. The van der Waals surface area contributed by atoms with Gasteiger partial charge in [0.15, 0.2) is 0 Å². The quantitative estimate of drug-likeness (QED) is 0.915. The van der Waals surface area contributed by atoms with Crippen LogP contribution in [0, 0.1) is 0 Å². The van der Waals surface area contributed by atoms with Crippen LogP contribution in [-0.2, 0) is 0 Å². The molecule has 1 heterocycles. The summed E-state index contributed by atoms with van der Waals surface area (Å²) in [6.07, 6.45) is 2.41. The summed E-state index contributed by atoms with van der Waals surface area (Å²) in [4.78, 5) is 2.41. The molecule has 0 bridgehead atoms. The first-order valence-corrected chi connectivity index (χ1v) is 8.40. The highest BCUT2D eigenvalue weighted by molar-refractivity contribution is 5.35. The van der Waals surface area contributed by atoms with Crippen LogP contribution in [0.2, 0.25) is 0 Å². The van der Waals surface area contributed by atoms with Gasteiger partial charge in [0.05, 0.1) is 13.2 Å². The van der Waals surface area contributed by atoms with Crippen LogP contribution in [0.1, 0.15) is 30.0 Å². The normalized spacial score (nSPS) is 17.8. The highest BCUT2D eigenvalue weighted by atomic mass is 16.5. The number of nitrogens with zero attached hydrogens (tertiary/aromatic N) is 1. The summed E-state index contributed by atoms with van der Waals surface area (Å²) in [5.74, 6) is 0.903. The molecule has 0 amide bonds. The average Bonchev–Trinajstić information content (AvgIpc) is 2.62. The largest absolute Gasteiger partial charge is 0.497 e. The second kappa shape index (κ2) is 7.62. The van der Waals surface area contributed by atoms with E-state index in [1.807, 2.05) is 12.1 Å². The maximum Gasteiger partial charge on any atom is 0.118 e. The number of hydrogen-bond acceptors (Lipinski definition) is 3. The number of likely N-dealkylation sites (tertiary alicyclic amines) is 1. The predicted octanol–water partition coefficient (Wildman–Crippen LogP) is 3.47. The van der Waals surface area contributed by atoms with Gasteiger partial charge in [-0.2, -0.15) is 0 Å². The Morgan fingerprint density at radius 2 is 1.57 bits per heavy atom. The van der Waals surface area contributed by atoms with Gasteiger partial charge in [-0.15, -0.1) is 0 Å². The third kappa shape index (κ3) is 4.12. The predicted molar refractivity (Wildman–Crippen MR) is 94.9 cm³/mol. The van der Waals surface area contributed by atoms with E-state index in [0.717, 1.165) is 5.75 Å². The second-order valence-corrected chi connectivity index (χ2v) is 6.36. The van der Waals surface area contributed by atoms with E-state index in [4.69, 9.17) is 4.74 Å². The maximum atomic E-state index is 5.29. The van der Waals surface area contributed by atoms with Gasteiger partial charge in [-0.1, -0.05) is 42.5 Å². The molecule has 0 unspecified atom stereocenters. The van der Waals surface area contributed by atoms with E-state index in [0.29, 0.717) is 6.04 Å². The molecule has 0 spiro atoms. The van der Waals surface area contributed by atoms with Gasteiger partial charge in [0, 0.05) is 6.04 Å². The van der Waals surface area contributed by atoms with Crippen molar-refractivity contribution in [3.05, 3.63) is 65.7 Å². The molecule has 1 N–H and O–H groups in total. The Hall–Kier alpha value is -1.84. The monoisotopic (exact) mass is 310 g/mol. The Morgan fingerprint density at radius 3 is 2.17 bits per heavy atom. The third-order valence-electron chi connectivity index (χ3n) is 4.70. The molecule has 1 fully saturated rings. The fourth-order valence-corrected chi connectivity index (χ4v) is 3.24. The summed E-state index contributed by atoms with van der Waals surface area (Å²) >= 11 is 0. The Balaban J connectivity index is 1.81. The summed E-state index contributed by atoms with van der Waals surface area (Å²) in [6, 6.07) is 19.9. The number of benzene rings is 2. The molecule has 0 saturated carbocycles. The molecule has 1 saturated heterocycles. The van der Waals surface area contributed by atoms with Gasteiger partial charge in [-0.05, 0) is 56.2 Å². The zero-order chi connectivity index (χ0) is 16.1. The van der Waals surface area contributed by atoms with Crippen LogP contribution in [0.25, 0.3) is 0 Å². The Bertz CT molecular complexity index is 589. The first-order chi connectivity index (χ1) is 11.3. The van der Waals surface area contributed by atoms with Crippen molar-refractivity contribution in [2.75, 3.05) is 27.2 Å². The van der Waals surface area contributed by atoms with E-state index < -0.39 is 0 Å². The minimum absolute atomic E-state index is 0.232. The van der Waals surface area contributed by atoms with E-state index >= 15 is 0 Å². The Labute approximate surface area is 139 Å². The minimum Gasteiger partial charge on any atom is -0.497 e. The summed E-state index contributed by atoms with van der Waals surface area (Å²) < 4.78 is 5.29. The highest BCUT2D eigenvalue weighted by Crippen LogP contribution is 2.26. The van der Waals surface area contributed by atoms with E-state index in [1.165, 1.54) is 37.1 Å². The Kier molecular flexibility index (Phi) is 5.31. The third-order valence-corrected chi connectivity index (χ3v) is 4.70. The number of piperidine rings is 1. The SMILES string of the molecule is COc1ccc([C@@H](NC2CCN(C)CC2)c2ccccc2)cc1. The molecule has 0 aromatic heterocycles.